The second-order valence-electron chi connectivity index (χ2n) is 7.79. The molecule has 2 heterocycles. The summed E-state index contributed by atoms with van der Waals surface area (Å²) in [6.07, 6.45) is 1.14. The Morgan fingerprint density at radius 2 is 2.06 bits per heavy atom. The van der Waals surface area contributed by atoms with Crippen molar-refractivity contribution >= 4 is 11.7 Å². The van der Waals surface area contributed by atoms with E-state index in [1.165, 1.54) is 5.01 Å². The summed E-state index contributed by atoms with van der Waals surface area (Å²) < 4.78 is 11.1. The largest absolute Gasteiger partial charge is 0.503 e. The summed E-state index contributed by atoms with van der Waals surface area (Å²) in [6.45, 7) is 9.01. The number of aromatic hydroxyl groups is 1. The van der Waals surface area contributed by atoms with Crippen LogP contribution in [0.2, 0.25) is 0 Å². The van der Waals surface area contributed by atoms with Gasteiger partial charge in [0, 0.05) is 31.7 Å². The molecule has 32 heavy (non-hydrogen) atoms. The van der Waals surface area contributed by atoms with Crippen molar-refractivity contribution in [2.24, 2.45) is 5.92 Å². The van der Waals surface area contributed by atoms with Crippen LogP contribution in [0.3, 0.4) is 0 Å². The summed E-state index contributed by atoms with van der Waals surface area (Å²) in [7, 11) is 0. The lowest BCUT2D eigenvalue weighted by Crippen LogP contribution is -2.45. The standard InChI is InChI=1S/C22H28N6O4/c1-16(2)15-28(21-19(29)14-24-20(13-23)25-21)26-22(30)17-3-5-18(6-4-17)32-12-9-27-7-10-31-11-8-27/h3-6,14,16,29H,7-12,15H2,1-2H3,(H,26,30). The predicted octanol–water partition coefficient (Wildman–Crippen LogP) is 1.57. The van der Waals surface area contributed by atoms with Gasteiger partial charge in [-0.1, -0.05) is 13.8 Å². The van der Waals surface area contributed by atoms with E-state index in [-0.39, 0.29) is 29.2 Å². The molecular formula is C22H28N6O4. The van der Waals surface area contributed by atoms with Crippen molar-refractivity contribution in [2.45, 2.75) is 13.8 Å². The molecule has 1 aliphatic heterocycles. The highest BCUT2D eigenvalue weighted by molar-refractivity contribution is 5.95. The highest BCUT2D eigenvalue weighted by Crippen LogP contribution is 2.23. The fourth-order valence-electron chi connectivity index (χ4n) is 3.18. The number of nitrogens with zero attached hydrogens (tertiary/aromatic N) is 5. The number of carbonyl (C=O) groups is 1. The Bertz CT molecular complexity index is 938. The SMILES string of the molecule is CC(C)CN(NC(=O)c1ccc(OCCN2CCOCC2)cc1)c1nc(C#N)ncc1O. The lowest BCUT2D eigenvalue weighted by atomic mass is 10.2. The van der Waals surface area contributed by atoms with Crippen LogP contribution in [0.4, 0.5) is 5.82 Å². The normalized spacial score (nSPS) is 14.1. The molecule has 1 aromatic heterocycles. The Kier molecular flexibility index (Phi) is 8.19. The molecule has 10 nitrogen and oxygen atoms in total. The van der Waals surface area contributed by atoms with E-state index in [1.807, 2.05) is 19.9 Å². The van der Waals surface area contributed by atoms with Gasteiger partial charge in [0.15, 0.2) is 11.6 Å². The molecule has 1 aromatic carbocycles. The number of nitrogens with one attached hydrogen (secondary N) is 1. The molecule has 2 aromatic rings. The molecule has 0 spiro atoms. The van der Waals surface area contributed by atoms with Crippen molar-refractivity contribution in [2.75, 3.05) is 51.0 Å². The highest BCUT2D eigenvalue weighted by Gasteiger charge is 2.19. The van der Waals surface area contributed by atoms with Crippen molar-refractivity contribution in [3.8, 4) is 17.6 Å². The monoisotopic (exact) mass is 440 g/mol. The molecule has 0 unspecified atom stereocenters. The average molecular weight is 441 g/mol. The van der Waals surface area contributed by atoms with Crippen LogP contribution in [-0.2, 0) is 4.74 Å². The van der Waals surface area contributed by atoms with Gasteiger partial charge >= 0.3 is 0 Å². The van der Waals surface area contributed by atoms with Gasteiger partial charge in [0.05, 0.1) is 19.4 Å². The molecule has 0 bridgehead atoms. The molecule has 3 rings (SSSR count). The maximum Gasteiger partial charge on any atom is 0.269 e. The van der Waals surface area contributed by atoms with Crippen molar-refractivity contribution in [1.29, 1.82) is 5.26 Å². The summed E-state index contributed by atoms with van der Waals surface area (Å²) >= 11 is 0. The predicted molar refractivity (Wildman–Crippen MR) is 117 cm³/mol. The zero-order chi connectivity index (χ0) is 22.9. The van der Waals surface area contributed by atoms with Crippen molar-refractivity contribution in [3.63, 3.8) is 0 Å². The average Bonchev–Trinajstić information content (AvgIpc) is 2.80. The Labute approximate surface area is 187 Å². The first-order valence-electron chi connectivity index (χ1n) is 10.5. The third kappa shape index (κ3) is 6.54. The van der Waals surface area contributed by atoms with Crippen LogP contribution in [0, 0.1) is 17.2 Å². The lowest BCUT2D eigenvalue weighted by molar-refractivity contribution is 0.0322. The fourth-order valence-corrected chi connectivity index (χ4v) is 3.18. The number of nitriles is 1. The second-order valence-corrected chi connectivity index (χ2v) is 7.79. The molecule has 0 radical (unpaired) electrons. The number of amides is 1. The van der Waals surface area contributed by atoms with Crippen LogP contribution in [-0.4, -0.2) is 71.9 Å². The van der Waals surface area contributed by atoms with Gasteiger partial charge in [-0.25, -0.2) is 4.98 Å². The van der Waals surface area contributed by atoms with E-state index in [2.05, 4.69) is 20.3 Å². The minimum Gasteiger partial charge on any atom is -0.503 e. The molecule has 1 saturated heterocycles. The molecule has 2 N–H and O–H groups in total. The fraction of sp³-hybridized carbons (Fsp3) is 0.455. The van der Waals surface area contributed by atoms with Crippen LogP contribution in [0.1, 0.15) is 30.0 Å². The number of aromatic nitrogens is 2. The molecule has 0 saturated carbocycles. The van der Waals surface area contributed by atoms with Crippen LogP contribution < -0.4 is 15.2 Å². The lowest BCUT2D eigenvalue weighted by Gasteiger charge is -2.26. The van der Waals surface area contributed by atoms with Gasteiger partial charge in [0.1, 0.15) is 18.4 Å². The van der Waals surface area contributed by atoms with Crippen LogP contribution in [0.5, 0.6) is 11.5 Å². The topological polar surface area (TPSA) is 124 Å². The van der Waals surface area contributed by atoms with Gasteiger partial charge in [0.2, 0.25) is 5.82 Å². The summed E-state index contributed by atoms with van der Waals surface area (Å²) in [5, 5.41) is 20.6. The minimum atomic E-state index is -0.373. The molecule has 1 fully saturated rings. The molecule has 1 aliphatic rings. The van der Waals surface area contributed by atoms with E-state index >= 15 is 0 Å². The number of benzene rings is 1. The number of rotatable bonds is 9. The highest BCUT2D eigenvalue weighted by atomic mass is 16.5. The first-order chi connectivity index (χ1) is 15.5. The van der Waals surface area contributed by atoms with Crippen molar-refractivity contribution < 1.29 is 19.4 Å². The Morgan fingerprint density at radius 3 is 2.72 bits per heavy atom. The van der Waals surface area contributed by atoms with Gasteiger partial charge in [-0.2, -0.15) is 10.2 Å². The van der Waals surface area contributed by atoms with Gasteiger partial charge in [-0.15, -0.1) is 0 Å². The summed E-state index contributed by atoms with van der Waals surface area (Å²) in [4.78, 5) is 22.9. The van der Waals surface area contributed by atoms with Crippen LogP contribution in [0.25, 0.3) is 0 Å². The maximum absolute atomic E-state index is 12.8. The van der Waals surface area contributed by atoms with Gasteiger partial charge in [-0.05, 0) is 30.2 Å². The Morgan fingerprint density at radius 1 is 1.34 bits per heavy atom. The van der Waals surface area contributed by atoms with Gasteiger partial charge in [0.25, 0.3) is 5.91 Å². The van der Waals surface area contributed by atoms with Gasteiger partial charge < -0.3 is 14.6 Å². The molecule has 0 aliphatic carbocycles. The van der Waals surface area contributed by atoms with Crippen molar-refractivity contribution in [3.05, 3.63) is 41.9 Å². The van der Waals surface area contributed by atoms with E-state index in [9.17, 15) is 9.90 Å². The van der Waals surface area contributed by atoms with E-state index < -0.39 is 0 Å². The number of hydrogen-bond donors (Lipinski definition) is 2. The molecular weight excluding hydrogens is 412 g/mol. The quantitative estimate of drug-likeness (QED) is 0.559. The summed E-state index contributed by atoms with van der Waals surface area (Å²) in [6, 6.07) is 8.68. The van der Waals surface area contributed by atoms with E-state index in [1.54, 1.807) is 24.3 Å². The Hall–Kier alpha value is -3.42. The van der Waals surface area contributed by atoms with E-state index in [4.69, 9.17) is 14.7 Å². The minimum absolute atomic E-state index is 0.0710. The zero-order valence-electron chi connectivity index (χ0n) is 18.3. The number of hydrogen-bond acceptors (Lipinski definition) is 9. The summed E-state index contributed by atoms with van der Waals surface area (Å²) in [5.41, 5.74) is 3.18. The Balaban J connectivity index is 1.61. The number of carbonyl (C=O) groups excluding carboxylic acids is 1. The van der Waals surface area contributed by atoms with Crippen LogP contribution >= 0.6 is 0 Å². The van der Waals surface area contributed by atoms with E-state index in [0.717, 1.165) is 39.0 Å². The number of anilines is 1. The number of hydrazine groups is 1. The second kappa shape index (κ2) is 11.3. The van der Waals surface area contributed by atoms with E-state index in [0.29, 0.717) is 24.5 Å². The summed E-state index contributed by atoms with van der Waals surface area (Å²) in [5.74, 6) is 0.204. The smallest absolute Gasteiger partial charge is 0.269 e. The zero-order valence-corrected chi connectivity index (χ0v) is 18.3. The number of ether oxygens (including phenoxy) is 2. The number of morpholine rings is 1. The maximum atomic E-state index is 12.8. The van der Waals surface area contributed by atoms with Crippen LogP contribution in [0.15, 0.2) is 30.5 Å². The third-order valence-electron chi connectivity index (χ3n) is 4.79. The van der Waals surface area contributed by atoms with Gasteiger partial charge in [-0.3, -0.25) is 20.1 Å². The molecule has 1 amide bonds. The molecule has 10 heteroatoms. The first kappa shape index (κ1) is 23.2. The van der Waals surface area contributed by atoms with Crippen molar-refractivity contribution in [1.82, 2.24) is 20.3 Å². The third-order valence-corrected chi connectivity index (χ3v) is 4.79. The molecule has 0 atom stereocenters. The first-order valence-corrected chi connectivity index (χ1v) is 10.5. The molecule has 170 valence electrons.